The molecule has 0 fully saturated rings. The summed E-state index contributed by atoms with van der Waals surface area (Å²) in [6.07, 6.45) is 0.978. The molecule has 0 N–H and O–H groups in total. The third-order valence-electron chi connectivity index (χ3n) is 4.36. The topological polar surface area (TPSA) is 57.4 Å². The second-order valence-electron chi connectivity index (χ2n) is 6.59. The first-order valence-corrected chi connectivity index (χ1v) is 9.66. The summed E-state index contributed by atoms with van der Waals surface area (Å²) in [6.45, 7) is 3.32. The third kappa shape index (κ3) is 4.82. The number of ether oxygens (including phenoxy) is 2. The van der Waals surface area contributed by atoms with Crippen LogP contribution in [0.15, 0.2) is 83.4 Å². The van der Waals surface area contributed by atoms with E-state index in [-0.39, 0.29) is 0 Å². The van der Waals surface area contributed by atoms with Crippen LogP contribution in [-0.2, 0) is 6.61 Å². The zero-order valence-electron chi connectivity index (χ0n) is 16.2. The Labute approximate surface area is 169 Å². The molecule has 0 unspecified atom stereocenters. The largest absolute Gasteiger partial charge is 0.494 e. The molecule has 0 aliphatic heterocycles. The van der Waals surface area contributed by atoms with Crippen LogP contribution in [0.3, 0.4) is 0 Å². The van der Waals surface area contributed by atoms with E-state index >= 15 is 0 Å². The highest BCUT2D eigenvalue weighted by Crippen LogP contribution is 2.25. The van der Waals surface area contributed by atoms with Crippen molar-refractivity contribution in [3.05, 3.63) is 84.4 Å². The summed E-state index contributed by atoms with van der Waals surface area (Å²) in [5, 5.41) is 4.09. The molecule has 0 aliphatic rings. The average Bonchev–Trinajstić information content (AvgIpc) is 3.28. The number of nitrogens with zero attached hydrogens (tertiary/aromatic N) is 2. The van der Waals surface area contributed by atoms with Crippen molar-refractivity contribution >= 4 is 0 Å². The van der Waals surface area contributed by atoms with Gasteiger partial charge in [0.1, 0.15) is 18.1 Å². The van der Waals surface area contributed by atoms with Gasteiger partial charge in [-0.25, -0.2) is 0 Å². The minimum Gasteiger partial charge on any atom is -0.494 e. The van der Waals surface area contributed by atoms with E-state index in [1.165, 1.54) is 0 Å². The predicted molar refractivity (Wildman–Crippen MR) is 112 cm³/mol. The lowest BCUT2D eigenvalue weighted by Gasteiger charge is -2.06. The third-order valence-corrected chi connectivity index (χ3v) is 4.36. The lowest BCUT2D eigenvalue weighted by atomic mass is 10.2. The van der Waals surface area contributed by atoms with Gasteiger partial charge in [0.25, 0.3) is 5.89 Å². The van der Waals surface area contributed by atoms with Crippen molar-refractivity contribution < 1.29 is 14.0 Å². The van der Waals surface area contributed by atoms with Gasteiger partial charge in [0, 0.05) is 11.1 Å². The molecule has 0 radical (unpaired) electrons. The van der Waals surface area contributed by atoms with Gasteiger partial charge < -0.3 is 14.0 Å². The van der Waals surface area contributed by atoms with Crippen molar-refractivity contribution in [2.45, 2.75) is 20.0 Å². The van der Waals surface area contributed by atoms with Gasteiger partial charge in [-0.05, 0) is 60.5 Å². The van der Waals surface area contributed by atoms with Gasteiger partial charge in [-0.1, -0.05) is 42.4 Å². The van der Waals surface area contributed by atoms with Gasteiger partial charge in [-0.2, -0.15) is 4.98 Å². The molecule has 5 nitrogen and oxygen atoms in total. The molecule has 0 saturated heterocycles. The van der Waals surface area contributed by atoms with E-state index in [4.69, 9.17) is 14.0 Å². The summed E-state index contributed by atoms with van der Waals surface area (Å²) < 4.78 is 16.9. The van der Waals surface area contributed by atoms with Crippen molar-refractivity contribution in [3.8, 4) is 34.3 Å². The molecule has 0 bridgehead atoms. The van der Waals surface area contributed by atoms with Crippen molar-refractivity contribution in [2.24, 2.45) is 0 Å². The van der Waals surface area contributed by atoms with Crippen LogP contribution in [-0.4, -0.2) is 16.7 Å². The fraction of sp³-hybridized carbons (Fsp3) is 0.167. The Morgan fingerprint density at radius 2 is 1.41 bits per heavy atom. The molecule has 146 valence electrons. The molecular weight excluding hydrogens is 364 g/mol. The number of benzene rings is 3. The molecule has 1 heterocycles. The van der Waals surface area contributed by atoms with E-state index in [0.29, 0.717) is 24.9 Å². The molecule has 0 atom stereocenters. The molecular formula is C24H22N2O3. The molecule has 3 aromatic carbocycles. The molecule has 0 aliphatic carbocycles. The normalized spacial score (nSPS) is 10.7. The smallest absolute Gasteiger partial charge is 0.258 e. The van der Waals surface area contributed by atoms with Gasteiger partial charge in [0.05, 0.1) is 6.61 Å². The maximum atomic E-state index is 5.82. The second-order valence-corrected chi connectivity index (χ2v) is 6.59. The highest BCUT2D eigenvalue weighted by molar-refractivity contribution is 5.60. The van der Waals surface area contributed by atoms with Crippen LogP contribution >= 0.6 is 0 Å². The average molecular weight is 386 g/mol. The van der Waals surface area contributed by atoms with Crippen LogP contribution in [0.4, 0.5) is 0 Å². The molecule has 0 saturated carbocycles. The summed E-state index contributed by atoms with van der Waals surface area (Å²) in [6, 6.07) is 25.4. The molecule has 1 aromatic heterocycles. The summed E-state index contributed by atoms with van der Waals surface area (Å²) >= 11 is 0. The Balaban J connectivity index is 1.41. The molecule has 0 spiro atoms. The first kappa shape index (κ1) is 18.7. The quantitative estimate of drug-likeness (QED) is 0.385. The van der Waals surface area contributed by atoms with Gasteiger partial charge in [-0.15, -0.1) is 0 Å². The zero-order valence-corrected chi connectivity index (χ0v) is 16.2. The van der Waals surface area contributed by atoms with Gasteiger partial charge in [-0.3, -0.25) is 0 Å². The number of hydrogen-bond acceptors (Lipinski definition) is 5. The Hall–Kier alpha value is -3.60. The maximum Gasteiger partial charge on any atom is 0.258 e. The van der Waals surface area contributed by atoms with E-state index in [0.717, 1.165) is 34.6 Å². The van der Waals surface area contributed by atoms with Gasteiger partial charge in [0.15, 0.2) is 0 Å². The highest BCUT2D eigenvalue weighted by Gasteiger charge is 2.11. The summed E-state index contributed by atoms with van der Waals surface area (Å²) in [5.74, 6) is 2.65. The van der Waals surface area contributed by atoms with Crippen molar-refractivity contribution in [1.82, 2.24) is 10.1 Å². The van der Waals surface area contributed by atoms with Crippen molar-refractivity contribution in [1.29, 1.82) is 0 Å². The van der Waals surface area contributed by atoms with E-state index in [9.17, 15) is 0 Å². The van der Waals surface area contributed by atoms with Gasteiger partial charge in [0.2, 0.25) is 5.82 Å². The predicted octanol–water partition coefficient (Wildman–Crippen LogP) is 5.77. The SMILES string of the molecule is CCCOc1ccc(-c2noc(-c3ccc(OCc4ccccc4)cc3)n2)cc1. The van der Waals surface area contributed by atoms with Gasteiger partial charge >= 0.3 is 0 Å². The number of aromatic nitrogens is 2. The Morgan fingerprint density at radius 3 is 2.10 bits per heavy atom. The van der Waals surface area contributed by atoms with E-state index in [1.807, 2.05) is 78.9 Å². The second kappa shape index (κ2) is 9.06. The van der Waals surface area contributed by atoms with E-state index in [2.05, 4.69) is 17.1 Å². The van der Waals surface area contributed by atoms with E-state index < -0.39 is 0 Å². The first-order valence-electron chi connectivity index (χ1n) is 9.66. The fourth-order valence-corrected chi connectivity index (χ4v) is 2.81. The van der Waals surface area contributed by atoms with Crippen LogP contribution in [0.5, 0.6) is 11.5 Å². The highest BCUT2D eigenvalue weighted by atomic mass is 16.5. The first-order chi connectivity index (χ1) is 14.3. The minimum atomic E-state index is 0.473. The Morgan fingerprint density at radius 1 is 0.759 bits per heavy atom. The van der Waals surface area contributed by atoms with Crippen LogP contribution in [0.2, 0.25) is 0 Å². The van der Waals surface area contributed by atoms with Crippen LogP contribution < -0.4 is 9.47 Å². The molecule has 29 heavy (non-hydrogen) atoms. The van der Waals surface area contributed by atoms with Crippen molar-refractivity contribution in [2.75, 3.05) is 6.61 Å². The standard InChI is InChI=1S/C24H22N2O3/c1-2-16-27-21-12-8-19(9-13-21)23-25-24(29-26-23)20-10-14-22(15-11-20)28-17-18-6-4-3-5-7-18/h3-15H,2,16-17H2,1H3. The summed E-state index contributed by atoms with van der Waals surface area (Å²) in [5.41, 5.74) is 2.86. The maximum absolute atomic E-state index is 5.82. The Kier molecular flexibility index (Phi) is 5.86. The minimum absolute atomic E-state index is 0.473. The number of hydrogen-bond donors (Lipinski definition) is 0. The van der Waals surface area contributed by atoms with Crippen LogP contribution in [0, 0.1) is 0 Å². The summed E-state index contributed by atoms with van der Waals surface area (Å²) in [4.78, 5) is 4.51. The van der Waals surface area contributed by atoms with Crippen LogP contribution in [0.25, 0.3) is 22.8 Å². The lowest BCUT2D eigenvalue weighted by molar-refractivity contribution is 0.306. The molecule has 0 amide bonds. The fourth-order valence-electron chi connectivity index (χ4n) is 2.81. The molecule has 4 aromatic rings. The number of rotatable bonds is 8. The van der Waals surface area contributed by atoms with Crippen LogP contribution in [0.1, 0.15) is 18.9 Å². The summed E-state index contributed by atoms with van der Waals surface area (Å²) in [7, 11) is 0. The lowest BCUT2D eigenvalue weighted by Crippen LogP contribution is -1.94. The Bertz CT molecular complexity index is 1030. The van der Waals surface area contributed by atoms with Crippen molar-refractivity contribution in [3.63, 3.8) is 0 Å². The zero-order chi connectivity index (χ0) is 19.9. The monoisotopic (exact) mass is 386 g/mol. The van der Waals surface area contributed by atoms with E-state index in [1.54, 1.807) is 0 Å². The molecule has 5 heteroatoms. The molecule has 4 rings (SSSR count).